The molecule has 1 aliphatic rings. The molecule has 0 saturated heterocycles. The molecule has 0 aromatic heterocycles. The second-order valence-electron chi connectivity index (χ2n) is 4.53. The number of hydrogen-bond acceptors (Lipinski definition) is 4. The molecule has 0 unspecified atom stereocenters. The number of nitrogens with zero attached hydrogens (tertiary/aromatic N) is 1. The zero-order chi connectivity index (χ0) is 14.0. The number of nitro groups is 1. The highest BCUT2D eigenvalue weighted by atomic mass is 19.3. The van der Waals surface area contributed by atoms with Crippen molar-refractivity contribution in [2.75, 3.05) is 13.7 Å². The highest BCUT2D eigenvalue weighted by molar-refractivity contribution is 5.50. The summed E-state index contributed by atoms with van der Waals surface area (Å²) in [7, 11) is 1.33. The predicted octanol–water partition coefficient (Wildman–Crippen LogP) is 3.03. The van der Waals surface area contributed by atoms with Crippen molar-refractivity contribution in [3.05, 3.63) is 28.3 Å². The van der Waals surface area contributed by atoms with Crippen molar-refractivity contribution < 1.29 is 23.2 Å². The Morgan fingerprint density at radius 1 is 1.47 bits per heavy atom. The summed E-state index contributed by atoms with van der Waals surface area (Å²) in [6.07, 6.45) is -0.378. The quantitative estimate of drug-likeness (QED) is 0.611. The standard InChI is InChI=1S/C12H13F2NO4/c1-18-11-3-2-9(4-10(11)15(16)17)19-7-8-5-12(13,14)6-8/h2-4,8H,5-7H2,1H3. The lowest BCUT2D eigenvalue weighted by atomic mass is 9.82. The number of nitro benzene ring substituents is 1. The molecule has 1 fully saturated rings. The average Bonchev–Trinajstić information content (AvgIpc) is 2.33. The highest BCUT2D eigenvalue weighted by Crippen LogP contribution is 2.42. The molecule has 0 N–H and O–H groups in total. The van der Waals surface area contributed by atoms with E-state index in [2.05, 4.69) is 0 Å². The minimum atomic E-state index is -2.58. The van der Waals surface area contributed by atoms with Crippen LogP contribution in [0.3, 0.4) is 0 Å². The van der Waals surface area contributed by atoms with Gasteiger partial charge in [-0.15, -0.1) is 0 Å². The van der Waals surface area contributed by atoms with Crippen molar-refractivity contribution in [1.82, 2.24) is 0 Å². The summed E-state index contributed by atoms with van der Waals surface area (Å²) in [6.45, 7) is 0.138. The Morgan fingerprint density at radius 2 is 2.16 bits per heavy atom. The van der Waals surface area contributed by atoms with Crippen molar-refractivity contribution in [3.63, 3.8) is 0 Å². The molecule has 0 atom stereocenters. The van der Waals surface area contributed by atoms with Crippen LogP contribution in [0.25, 0.3) is 0 Å². The number of alkyl halides is 2. The first-order valence-corrected chi connectivity index (χ1v) is 5.74. The van der Waals surface area contributed by atoms with E-state index in [1.807, 2.05) is 0 Å². The van der Waals surface area contributed by atoms with Gasteiger partial charge in [-0.05, 0) is 12.1 Å². The molecule has 7 heteroatoms. The second-order valence-corrected chi connectivity index (χ2v) is 4.53. The molecule has 1 saturated carbocycles. The Labute approximate surface area is 108 Å². The molecular weight excluding hydrogens is 260 g/mol. The first-order chi connectivity index (χ1) is 8.91. The highest BCUT2D eigenvalue weighted by Gasteiger charge is 2.45. The Kier molecular flexibility index (Phi) is 3.55. The number of halogens is 2. The predicted molar refractivity (Wildman–Crippen MR) is 62.8 cm³/mol. The van der Waals surface area contributed by atoms with Gasteiger partial charge in [-0.25, -0.2) is 8.78 Å². The summed E-state index contributed by atoms with van der Waals surface area (Å²) >= 11 is 0. The van der Waals surface area contributed by atoms with E-state index in [4.69, 9.17) is 9.47 Å². The third-order valence-corrected chi connectivity index (χ3v) is 3.01. The van der Waals surface area contributed by atoms with E-state index in [-0.39, 0.29) is 42.6 Å². The smallest absolute Gasteiger partial charge is 0.314 e. The van der Waals surface area contributed by atoms with Crippen LogP contribution in [0.15, 0.2) is 18.2 Å². The lowest BCUT2D eigenvalue weighted by Gasteiger charge is -2.34. The fraction of sp³-hybridized carbons (Fsp3) is 0.500. The maximum atomic E-state index is 12.6. The van der Waals surface area contributed by atoms with Crippen molar-refractivity contribution in [2.45, 2.75) is 18.8 Å². The molecule has 0 radical (unpaired) electrons. The van der Waals surface area contributed by atoms with E-state index in [0.717, 1.165) is 0 Å². The largest absolute Gasteiger partial charge is 0.493 e. The van der Waals surface area contributed by atoms with Crippen LogP contribution in [0, 0.1) is 16.0 Å². The molecule has 19 heavy (non-hydrogen) atoms. The van der Waals surface area contributed by atoms with Gasteiger partial charge in [0.15, 0.2) is 5.75 Å². The lowest BCUT2D eigenvalue weighted by molar-refractivity contribution is -0.385. The van der Waals surface area contributed by atoms with E-state index in [1.54, 1.807) is 0 Å². The zero-order valence-electron chi connectivity index (χ0n) is 10.3. The molecule has 5 nitrogen and oxygen atoms in total. The van der Waals surface area contributed by atoms with E-state index in [9.17, 15) is 18.9 Å². The Hall–Kier alpha value is -1.92. The fourth-order valence-electron chi connectivity index (χ4n) is 2.02. The van der Waals surface area contributed by atoms with Crippen molar-refractivity contribution in [3.8, 4) is 11.5 Å². The first kappa shape index (κ1) is 13.5. The van der Waals surface area contributed by atoms with Crippen LogP contribution in [0.5, 0.6) is 11.5 Å². The second kappa shape index (κ2) is 4.99. The fourth-order valence-corrected chi connectivity index (χ4v) is 2.02. The maximum absolute atomic E-state index is 12.6. The molecule has 0 spiro atoms. The molecule has 0 bridgehead atoms. The summed E-state index contributed by atoms with van der Waals surface area (Å²) in [4.78, 5) is 10.2. The van der Waals surface area contributed by atoms with Crippen molar-refractivity contribution in [1.29, 1.82) is 0 Å². The van der Waals surface area contributed by atoms with Gasteiger partial charge in [0.1, 0.15) is 5.75 Å². The summed E-state index contributed by atoms with van der Waals surface area (Å²) < 4.78 is 35.4. The Bertz CT molecular complexity index is 485. The van der Waals surface area contributed by atoms with Gasteiger partial charge < -0.3 is 9.47 Å². The van der Waals surface area contributed by atoms with E-state index in [1.165, 1.54) is 25.3 Å². The van der Waals surface area contributed by atoms with Crippen LogP contribution in [-0.4, -0.2) is 24.6 Å². The third-order valence-electron chi connectivity index (χ3n) is 3.01. The monoisotopic (exact) mass is 273 g/mol. The molecule has 0 heterocycles. The number of rotatable bonds is 5. The first-order valence-electron chi connectivity index (χ1n) is 5.74. The van der Waals surface area contributed by atoms with Crippen LogP contribution < -0.4 is 9.47 Å². The Balaban J connectivity index is 1.98. The van der Waals surface area contributed by atoms with E-state index in [0.29, 0.717) is 0 Å². The summed E-state index contributed by atoms with van der Waals surface area (Å²) in [5.74, 6) is -2.37. The van der Waals surface area contributed by atoms with E-state index < -0.39 is 10.8 Å². The van der Waals surface area contributed by atoms with Gasteiger partial charge in [0.05, 0.1) is 24.7 Å². The molecule has 2 rings (SSSR count). The minimum Gasteiger partial charge on any atom is -0.493 e. The molecule has 1 aromatic carbocycles. The molecule has 0 amide bonds. The van der Waals surface area contributed by atoms with Gasteiger partial charge in [0, 0.05) is 18.8 Å². The van der Waals surface area contributed by atoms with Crippen molar-refractivity contribution in [2.24, 2.45) is 5.92 Å². The Morgan fingerprint density at radius 3 is 2.68 bits per heavy atom. The molecule has 1 aromatic rings. The third kappa shape index (κ3) is 3.10. The van der Waals surface area contributed by atoms with Gasteiger partial charge in [-0.1, -0.05) is 0 Å². The molecular formula is C12H13F2NO4. The number of benzene rings is 1. The average molecular weight is 273 g/mol. The van der Waals surface area contributed by atoms with Gasteiger partial charge in [0.25, 0.3) is 0 Å². The van der Waals surface area contributed by atoms with Gasteiger partial charge in [0.2, 0.25) is 5.92 Å². The summed E-state index contributed by atoms with van der Waals surface area (Å²) in [6, 6.07) is 4.17. The lowest BCUT2D eigenvalue weighted by Crippen LogP contribution is -2.38. The molecule has 104 valence electrons. The van der Waals surface area contributed by atoms with Crippen LogP contribution in [0.2, 0.25) is 0 Å². The van der Waals surface area contributed by atoms with Crippen molar-refractivity contribution >= 4 is 5.69 Å². The molecule has 0 aliphatic heterocycles. The van der Waals surface area contributed by atoms with Crippen LogP contribution in [0.4, 0.5) is 14.5 Å². The SMILES string of the molecule is COc1ccc(OCC2CC(F)(F)C2)cc1[N+](=O)[O-]. The molecule has 1 aliphatic carbocycles. The minimum absolute atomic E-state index is 0.132. The zero-order valence-corrected chi connectivity index (χ0v) is 10.3. The topological polar surface area (TPSA) is 61.6 Å². The van der Waals surface area contributed by atoms with Crippen LogP contribution in [-0.2, 0) is 0 Å². The van der Waals surface area contributed by atoms with Crippen LogP contribution in [0.1, 0.15) is 12.8 Å². The van der Waals surface area contributed by atoms with Gasteiger partial charge in [-0.2, -0.15) is 0 Å². The summed E-state index contributed by atoms with van der Waals surface area (Å²) in [5, 5.41) is 10.8. The van der Waals surface area contributed by atoms with Crippen LogP contribution >= 0.6 is 0 Å². The normalized spacial score (nSPS) is 17.6. The van der Waals surface area contributed by atoms with E-state index >= 15 is 0 Å². The number of ether oxygens (including phenoxy) is 2. The number of hydrogen-bond donors (Lipinski definition) is 0. The van der Waals surface area contributed by atoms with Gasteiger partial charge in [-0.3, -0.25) is 10.1 Å². The number of methoxy groups -OCH3 is 1. The maximum Gasteiger partial charge on any atom is 0.314 e. The van der Waals surface area contributed by atoms with Gasteiger partial charge >= 0.3 is 5.69 Å². The summed E-state index contributed by atoms with van der Waals surface area (Å²) in [5.41, 5.74) is -0.209.